The lowest BCUT2D eigenvalue weighted by Crippen LogP contribution is -2.29. The van der Waals surface area contributed by atoms with Crippen LogP contribution in [0.1, 0.15) is 33.1 Å². The van der Waals surface area contributed by atoms with Crippen molar-refractivity contribution in [1.82, 2.24) is 4.90 Å². The maximum Gasteiger partial charge on any atom is 0.246 e. The molecule has 1 aromatic rings. The number of hydrogen-bond acceptors (Lipinski definition) is 4. The third-order valence-corrected chi connectivity index (χ3v) is 4.31. The van der Waals surface area contributed by atoms with Gasteiger partial charge in [0.2, 0.25) is 5.79 Å². The number of ether oxygens (including phenoxy) is 2. The summed E-state index contributed by atoms with van der Waals surface area (Å²) >= 11 is 0. The second-order valence-electron chi connectivity index (χ2n) is 6.62. The minimum Gasteiger partial charge on any atom is -0.449 e. The fraction of sp³-hybridized carbons (Fsp3) is 0.625. The fourth-order valence-corrected chi connectivity index (χ4v) is 3.22. The van der Waals surface area contributed by atoms with E-state index in [1.165, 1.54) is 32.4 Å². The van der Waals surface area contributed by atoms with Gasteiger partial charge in [-0.05, 0) is 31.4 Å². The number of likely N-dealkylation sites (tertiary alicyclic amines) is 1. The van der Waals surface area contributed by atoms with Gasteiger partial charge in [-0.15, -0.1) is 0 Å². The summed E-state index contributed by atoms with van der Waals surface area (Å²) in [4.78, 5) is 2.62. The van der Waals surface area contributed by atoms with Crippen molar-refractivity contribution in [3.05, 3.63) is 18.2 Å². The molecule has 2 fully saturated rings. The van der Waals surface area contributed by atoms with Crippen molar-refractivity contribution in [2.24, 2.45) is 0 Å². The third kappa shape index (κ3) is 2.33. The van der Waals surface area contributed by atoms with E-state index in [0.29, 0.717) is 6.04 Å². The van der Waals surface area contributed by atoms with Crippen LogP contribution in [0.4, 0.5) is 5.69 Å². The lowest BCUT2D eigenvalue weighted by atomic mass is 10.2. The van der Waals surface area contributed by atoms with Crippen LogP contribution in [-0.2, 0) is 0 Å². The van der Waals surface area contributed by atoms with Crippen molar-refractivity contribution in [3.8, 4) is 11.5 Å². The van der Waals surface area contributed by atoms with Crippen molar-refractivity contribution in [1.29, 1.82) is 0 Å². The first kappa shape index (κ1) is 12.3. The molecule has 20 heavy (non-hydrogen) atoms. The zero-order valence-electron chi connectivity index (χ0n) is 12.2. The molecule has 1 aliphatic carbocycles. The molecule has 4 rings (SSSR count). The second-order valence-corrected chi connectivity index (χ2v) is 6.62. The highest BCUT2D eigenvalue weighted by molar-refractivity contribution is 5.56. The van der Waals surface area contributed by atoms with Crippen LogP contribution in [0.25, 0.3) is 0 Å². The Morgan fingerprint density at radius 2 is 1.95 bits per heavy atom. The van der Waals surface area contributed by atoms with Gasteiger partial charge in [0, 0.05) is 50.8 Å². The van der Waals surface area contributed by atoms with Gasteiger partial charge in [-0.2, -0.15) is 0 Å². The number of nitrogens with one attached hydrogen (secondary N) is 1. The van der Waals surface area contributed by atoms with Crippen LogP contribution in [0.15, 0.2) is 18.2 Å². The van der Waals surface area contributed by atoms with Crippen LogP contribution in [-0.4, -0.2) is 35.9 Å². The summed E-state index contributed by atoms with van der Waals surface area (Å²) in [6.07, 6.45) is 4.02. The van der Waals surface area contributed by atoms with E-state index in [1.807, 2.05) is 19.9 Å². The predicted molar refractivity (Wildman–Crippen MR) is 78.4 cm³/mol. The smallest absolute Gasteiger partial charge is 0.246 e. The summed E-state index contributed by atoms with van der Waals surface area (Å²) in [7, 11) is 0. The van der Waals surface area contributed by atoms with Crippen molar-refractivity contribution in [2.45, 2.75) is 51.0 Å². The Morgan fingerprint density at radius 3 is 2.75 bits per heavy atom. The van der Waals surface area contributed by atoms with Gasteiger partial charge in [-0.3, -0.25) is 4.90 Å². The summed E-state index contributed by atoms with van der Waals surface area (Å²) in [5.74, 6) is 1.14. The molecule has 108 valence electrons. The predicted octanol–water partition coefficient (Wildman–Crippen LogP) is 2.84. The molecule has 0 amide bonds. The number of fused-ring (bicyclic) bond motifs is 1. The van der Waals surface area contributed by atoms with E-state index in [9.17, 15) is 0 Å². The highest BCUT2D eigenvalue weighted by atomic mass is 16.7. The van der Waals surface area contributed by atoms with E-state index in [-0.39, 0.29) is 0 Å². The molecule has 4 heteroatoms. The Balaban J connectivity index is 1.43. The minimum atomic E-state index is -0.545. The Bertz CT molecular complexity index is 525. The molecule has 0 radical (unpaired) electrons. The molecule has 0 bridgehead atoms. The zero-order chi connectivity index (χ0) is 13.7. The van der Waals surface area contributed by atoms with E-state index in [4.69, 9.17) is 9.47 Å². The van der Waals surface area contributed by atoms with E-state index in [2.05, 4.69) is 22.3 Å². The van der Waals surface area contributed by atoms with Gasteiger partial charge in [0.1, 0.15) is 0 Å². The summed E-state index contributed by atoms with van der Waals surface area (Å²) in [5.41, 5.74) is 1.13. The summed E-state index contributed by atoms with van der Waals surface area (Å²) in [6.45, 7) is 6.28. The molecule has 1 saturated heterocycles. The van der Waals surface area contributed by atoms with Crippen molar-refractivity contribution in [2.75, 3.05) is 18.4 Å². The van der Waals surface area contributed by atoms with Gasteiger partial charge < -0.3 is 14.8 Å². The molecule has 1 atom stereocenters. The van der Waals surface area contributed by atoms with Crippen molar-refractivity contribution < 1.29 is 9.47 Å². The first-order valence-electron chi connectivity index (χ1n) is 7.62. The summed E-state index contributed by atoms with van der Waals surface area (Å²) in [6, 6.07) is 7.58. The Kier molecular flexibility index (Phi) is 2.64. The van der Waals surface area contributed by atoms with Gasteiger partial charge in [-0.1, -0.05) is 0 Å². The Hall–Kier alpha value is -1.42. The number of benzene rings is 1. The van der Waals surface area contributed by atoms with E-state index >= 15 is 0 Å². The molecular formula is C16H22N2O2. The van der Waals surface area contributed by atoms with E-state index in [0.717, 1.165) is 23.2 Å². The average Bonchev–Trinajstić information content (AvgIpc) is 3.05. The van der Waals surface area contributed by atoms with Gasteiger partial charge in [0.15, 0.2) is 11.5 Å². The van der Waals surface area contributed by atoms with Gasteiger partial charge in [-0.25, -0.2) is 0 Å². The second kappa shape index (κ2) is 4.29. The Morgan fingerprint density at radius 1 is 1.15 bits per heavy atom. The molecule has 0 spiro atoms. The number of hydrogen-bond donors (Lipinski definition) is 1. The summed E-state index contributed by atoms with van der Waals surface area (Å²) < 4.78 is 11.5. The lowest BCUT2D eigenvalue weighted by Gasteiger charge is -2.17. The molecular weight excluding hydrogens is 252 g/mol. The summed E-state index contributed by atoms with van der Waals surface area (Å²) in [5, 5.41) is 3.63. The van der Waals surface area contributed by atoms with Crippen LogP contribution in [0.2, 0.25) is 0 Å². The van der Waals surface area contributed by atoms with Crippen LogP contribution < -0.4 is 14.8 Å². The molecule has 1 unspecified atom stereocenters. The maximum atomic E-state index is 5.80. The van der Waals surface area contributed by atoms with Crippen molar-refractivity contribution >= 4 is 5.69 Å². The fourth-order valence-electron chi connectivity index (χ4n) is 3.22. The van der Waals surface area contributed by atoms with Gasteiger partial charge >= 0.3 is 0 Å². The van der Waals surface area contributed by atoms with Crippen LogP contribution >= 0.6 is 0 Å². The van der Waals surface area contributed by atoms with E-state index in [1.54, 1.807) is 0 Å². The molecule has 2 aliphatic heterocycles. The number of rotatable bonds is 3. The monoisotopic (exact) mass is 274 g/mol. The van der Waals surface area contributed by atoms with Crippen molar-refractivity contribution in [3.63, 3.8) is 0 Å². The third-order valence-electron chi connectivity index (χ3n) is 4.31. The average molecular weight is 274 g/mol. The zero-order valence-corrected chi connectivity index (χ0v) is 12.2. The molecule has 4 nitrogen and oxygen atoms in total. The normalized spacial score (nSPS) is 27.8. The number of anilines is 1. The maximum absolute atomic E-state index is 5.80. The molecule has 1 saturated carbocycles. The van der Waals surface area contributed by atoms with Crippen LogP contribution in [0.3, 0.4) is 0 Å². The first-order chi connectivity index (χ1) is 9.59. The van der Waals surface area contributed by atoms with Gasteiger partial charge in [0.25, 0.3) is 0 Å². The molecule has 1 aromatic carbocycles. The minimum absolute atomic E-state index is 0.545. The quantitative estimate of drug-likeness (QED) is 0.919. The molecule has 2 heterocycles. The highest BCUT2D eigenvalue weighted by Crippen LogP contribution is 2.41. The SMILES string of the molecule is CC1(C)Oc2ccc(NC3CCN(C4CC4)C3)cc2O1. The molecule has 0 aromatic heterocycles. The molecule has 1 N–H and O–H groups in total. The molecule has 3 aliphatic rings. The van der Waals surface area contributed by atoms with Crippen LogP contribution in [0.5, 0.6) is 11.5 Å². The number of nitrogens with zero attached hydrogens (tertiary/aromatic N) is 1. The van der Waals surface area contributed by atoms with Gasteiger partial charge in [0.05, 0.1) is 0 Å². The standard InChI is InChI=1S/C16H22N2O2/c1-16(2)19-14-6-3-11(9-15(14)20-16)17-12-7-8-18(10-12)13-4-5-13/h3,6,9,12-13,17H,4-5,7-8,10H2,1-2H3. The first-order valence-corrected chi connectivity index (χ1v) is 7.62. The van der Waals surface area contributed by atoms with E-state index < -0.39 is 5.79 Å². The van der Waals surface area contributed by atoms with Crippen LogP contribution in [0, 0.1) is 0 Å². The Labute approximate surface area is 120 Å². The lowest BCUT2D eigenvalue weighted by molar-refractivity contribution is -0.0431. The topological polar surface area (TPSA) is 33.7 Å². The largest absolute Gasteiger partial charge is 0.449 e. The highest BCUT2D eigenvalue weighted by Gasteiger charge is 2.35.